The lowest BCUT2D eigenvalue weighted by Crippen LogP contribution is -2.26. The van der Waals surface area contributed by atoms with E-state index in [1.54, 1.807) is 0 Å². The molecule has 1 aliphatic rings. The average molecular weight is 305 g/mol. The van der Waals surface area contributed by atoms with E-state index in [4.69, 9.17) is 4.74 Å². The van der Waals surface area contributed by atoms with Crippen molar-refractivity contribution in [3.05, 3.63) is 48.0 Å². The summed E-state index contributed by atoms with van der Waals surface area (Å²) in [6.07, 6.45) is 1.16. The molecule has 1 fully saturated rings. The zero-order valence-corrected chi connectivity index (χ0v) is 11.4. The Morgan fingerprint density at radius 3 is 2.72 bits per heavy atom. The minimum absolute atomic E-state index is 0.108. The van der Waals surface area contributed by atoms with Crippen LogP contribution in [0.15, 0.2) is 42.5 Å². The molecular formula is C15H13BrO2. The predicted octanol–water partition coefficient (Wildman–Crippen LogP) is 3.98. The molecule has 0 amide bonds. The smallest absolute Gasteiger partial charge is 0.306 e. The lowest BCUT2D eigenvalue weighted by atomic mass is 9.98. The van der Waals surface area contributed by atoms with Crippen molar-refractivity contribution in [1.29, 1.82) is 0 Å². The second-order valence-electron chi connectivity index (χ2n) is 4.57. The van der Waals surface area contributed by atoms with Crippen molar-refractivity contribution in [3.63, 3.8) is 0 Å². The van der Waals surface area contributed by atoms with E-state index in [-0.39, 0.29) is 16.9 Å². The molecule has 2 atom stereocenters. The molecule has 2 nitrogen and oxygen atoms in total. The largest absolute Gasteiger partial charge is 0.456 e. The van der Waals surface area contributed by atoms with E-state index in [1.807, 2.05) is 18.2 Å². The molecule has 3 heteroatoms. The van der Waals surface area contributed by atoms with Crippen LogP contribution in [0, 0.1) is 0 Å². The number of carbonyl (C=O) groups excluding carboxylic acids is 1. The number of rotatable bonds is 1. The maximum absolute atomic E-state index is 11.4. The van der Waals surface area contributed by atoms with E-state index in [9.17, 15) is 4.79 Å². The highest BCUT2D eigenvalue weighted by atomic mass is 79.9. The van der Waals surface area contributed by atoms with Crippen molar-refractivity contribution >= 4 is 32.7 Å². The maximum Gasteiger partial charge on any atom is 0.306 e. The Morgan fingerprint density at radius 2 is 1.89 bits per heavy atom. The highest BCUT2D eigenvalue weighted by Crippen LogP contribution is 2.35. The third-order valence-electron chi connectivity index (χ3n) is 3.31. The molecule has 0 saturated carbocycles. The van der Waals surface area contributed by atoms with Crippen molar-refractivity contribution in [3.8, 4) is 0 Å². The lowest BCUT2D eigenvalue weighted by molar-refractivity contribution is -0.153. The Morgan fingerprint density at radius 1 is 1.11 bits per heavy atom. The summed E-state index contributed by atoms with van der Waals surface area (Å²) in [5.41, 5.74) is 1.06. The second kappa shape index (κ2) is 4.73. The average Bonchev–Trinajstić information content (AvgIpc) is 2.41. The van der Waals surface area contributed by atoms with Gasteiger partial charge in [-0.05, 0) is 28.8 Å². The van der Waals surface area contributed by atoms with Gasteiger partial charge in [0.05, 0.1) is 4.83 Å². The summed E-state index contributed by atoms with van der Waals surface area (Å²) < 4.78 is 5.45. The van der Waals surface area contributed by atoms with Gasteiger partial charge in [-0.15, -0.1) is 0 Å². The van der Waals surface area contributed by atoms with Gasteiger partial charge in [0.25, 0.3) is 0 Å². The summed E-state index contributed by atoms with van der Waals surface area (Å²) in [5, 5.41) is 2.38. The van der Waals surface area contributed by atoms with E-state index in [1.165, 1.54) is 10.8 Å². The number of cyclic esters (lactones) is 1. The SMILES string of the molecule is O=C1CC[C@@H](Br)[C@H](c2ccc3ccccc3c2)O1. The molecule has 1 aliphatic heterocycles. The summed E-state index contributed by atoms with van der Waals surface area (Å²) in [7, 11) is 0. The Balaban J connectivity index is 2.00. The van der Waals surface area contributed by atoms with E-state index < -0.39 is 0 Å². The zero-order valence-electron chi connectivity index (χ0n) is 9.80. The highest BCUT2D eigenvalue weighted by Gasteiger charge is 2.30. The fourth-order valence-electron chi connectivity index (χ4n) is 2.34. The molecule has 0 unspecified atom stereocenters. The number of hydrogen-bond acceptors (Lipinski definition) is 2. The molecular weight excluding hydrogens is 292 g/mol. The van der Waals surface area contributed by atoms with Crippen molar-refractivity contribution in [2.75, 3.05) is 0 Å². The molecule has 0 radical (unpaired) electrons. The van der Waals surface area contributed by atoms with Crippen molar-refractivity contribution in [1.82, 2.24) is 0 Å². The van der Waals surface area contributed by atoms with Gasteiger partial charge in [0.1, 0.15) is 6.10 Å². The number of carbonyl (C=O) groups is 1. The quantitative estimate of drug-likeness (QED) is 0.588. The summed E-state index contributed by atoms with van der Waals surface area (Å²) in [4.78, 5) is 11.6. The van der Waals surface area contributed by atoms with Crippen LogP contribution in [-0.4, -0.2) is 10.8 Å². The van der Waals surface area contributed by atoms with Crippen LogP contribution in [0.4, 0.5) is 0 Å². The summed E-state index contributed by atoms with van der Waals surface area (Å²) in [6.45, 7) is 0. The fraction of sp³-hybridized carbons (Fsp3) is 0.267. The first-order valence-electron chi connectivity index (χ1n) is 6.06. The monoisotopic (exact) mass is 304 g/mol. The topological polar surface area (TPSA) is 26.3 Å². The van der Waals surface area contributed by atoms with Crippen LogP contribution in [0.3, 0.4) is 0 Å². The van der Waals surface area contributed by atoms with Crippen molar-refractivity contribution in [2.45, 2.75) is 23.8 Å². The third-order valence-corrected chi connectivity index (χ3v) is 4.25. The van der Waals surface area contributed by atoms with E-state index in [0.29, 0.717) is 6.42 Å². The van der Waals surface area contributed by atoms with Gasteiger partial charge in [0, 0.05) is 6.42 Å². The number of fused-ring (bicyclic) bond motifs is 1. The van der Waals surface area contributed by atoms with E-state index in [0.717, 1.165) is 12.0 Å². The van der Waals surface area contributed by atoms with Crippen LogP contribution in [0.1, 0.15) is 24.5 Å². The number of hydrogen-bond donors (Lipinski definition) is 0. The van der Waals surface area contributed by atoms with Crippen LogP contribution < -0.4 is 0 Å². The van der Waals surface area contributed by atoms with Crippen LogP contribution >= 0.6 is 15.9 Å². The Hall–Kier alpha value is -1.35. The Bertz CT molecular complexity index is 594. The number of halogens is 1. The highest BCUT2D eigenvalue weighted by molar-refractivity contribution is 9.09. The van der Waals surface area contributed by atoms with Crippen molar-refractivity contribution in [2.24, 2.45) is 0 Å². The van der Waals surface area contributed by atoms with Gasteiger partial charge in [-0.2, -0.15) is 0 Å². The summed E-state index contributed by atoms with van der Waals surface area (Å²) in [6, 6.07) is 14.4. The Labute approximate surface area is 114 Å². The van der Waals surface area contributed by atoms with Gasteiger partial charge in [0.2, 0.25) is 0 Å². The first-order valence-corrected chi connectivity index (χ1v) is 6.98. The summed E-state index contributed by atoms with van der Waals surface area (Å²) in [5.74, 6) is -0.108. The van der Waals surface area contributed by atoms with Gasteiger partial charge in [-0.25, -0.2) is 0 Å². The number of ether oxygens (including phenoxy) is 1. The molecule has 3 rings (SSSR count). The molecule has 0 spiro atoms. The standard InChI is InChI=1S/C15H13BrO2/c16-13-7-8-14(17)18-15(13)12-6-5-10-3-1-2-4-11(10)9-12/h1-6,9,13,15H,7-8H2/t13-,15+/m1/s1. The first kappa shape index (κ1) is 11.7. The predicted molar refractivity (Wildman–Crippen MR) is 74.7 cm³/mol. The van der Waals surface area contributed by atoms with Crippen molar-refractivity contribution < 1.29 is 9.53 Å². The van der Waals surface area contributed by atoms with Gasteiger partial charge in [0.15, 0.2) is 0 Å². The summed E-state index contributed by atoms with van der Waals surface area (Å²) >= 11 is 3.61. The Kier molecular flexibility index (Phi) is 3.08. The van der Waals surface area contributed by atoms with Gasteiger partial charge >= 0.3 is 5.97 Å². The number of alkyl halides is 1. The molecule has 0 aliphatic carbocycles. The first-order chi connectivity index (χ1) is 8.74. The lowest BCUT2D eigenvalue weighted by Gasteiger charge is -2.27. The molecule has 0 N–H and O–H groups in total. The minimum atomic E-state index is -0.171. The third kappa shape index (κ3) is 2.15. The van der Waals surface area contributed by atoms with E-state index >= 15 is 0 Å². The zero-order chi connectivity index (χ0) is 12.5. The van der Waals surface area contributed by atoms with Crippen LogP contribution in [0.2, 0.25) is 0 Å². The molecule has 18 heavy (non-hydrogen) atoms. The van der Waals surface area contributed by atoms with E-state index in [2.05, 4.69) is 40.2 Å². The maximum atomic E-state index is 11.4. The van der Waals surface area contributed by atoms with Crippen LogP contribution in [0.25, 0.3) is 10.8 Å². The van der Waals surface area contributed by atoms with Crippen LogP contribution in [-0.2, 0) is 9.53 Å². The minimum Gasteiger partial charge on any atom is -0.456 e. The molecule has 92 valence electrons. The second-order valence-corrected chi connectivity index (χ2v) is 5.75. The molecule has 2 aromatic rings. The van der Waals surface area contributed by atoms with Gasteiger partial charge in [-0.1, -0.05) is 52.3 Å². The number of benzene rings is 2. The fourth-order valence-corrected chi connectivity index (χ4v) is 2.99. The van der Waals surface area contributed by atoms with Gasteiger partial charge in [-0.3, -0.25) is 4.79 Å². The molecule has 1 saturated heterocycles. The number of esters is 1. The molecule has 0 aromatic heterocycles. The molecule has 1 heterocycles. The van der Waals surface area contributed by atoms with Gasteiger partial charge < -0.3 is 4.74 Å². The van der Waals surface area contributed by atoms with Crippen LogP contribution in [0.5, 0.6) is 0 Å². The molecule has 0 bridgehead atoms. The molecule has 2 aromatic carbocycles. The normalized spacial score (nSPS) is 23.9.